The van der Waals surface area contributed by atoms with Crippen LogP contribution < -0.4 is 15.0 Å². The molecular weight excluding hydrogens is 348 g/mol. The number of ether oxygens (including phenoxy) is 1. The van der Waals surface area contributed by atoms with Crippen molar-refractivity contribution < 1.29 is 14.4 Å². The van der Waals surface area contributed by atoms with Crippen molar-refractivity contribution in [3.8, 4) is 5.75 Å². The summed E-state index contributed by atoms with van der Waals surface area (Å²) in [5, 5.41) is 3.22. The van der Waals surface area contributed by atoms with Crippen LogP contribution in [-0.2, 0) is 4.79 Å². The molecule has 2 aliphatic rings. The normalized spacial score (nSPS) is 20.1. The summed E-state index contributed by atoms with van der Waals surface area (Å²) >= 11 is 0. The standard InChI is InChI=1S/C24H38N2O2/c1-19(2)22-11-10-21(16-20(22)3)28-17-23(27)25-18-24(12-6-4-7-13-24)26-14-8-5-9-15-26/h10-11,16,19H,4-9,12-15,17-18H2,1-3H3,(H,25,27)/p+1. The van der Waals surface area contributed by atoms with E-state index in [1.807, 2.05) is 12.1 Å². The van der Waals surface area contributed by atoms with Crippen LogP contribution in [-0.4, -0.2) is 37.7 Å². The lowest BCUT2D eigenvalue weighted by atomic mass is 9.79. The third kappa shape index (κ3) is 5.28. The van der Waals surface area contributed by atoms with Crippen molar-refractivity contribution >= 4 is 5.91 Å². The van der Waals surface area contributed by atoms with Crippen molar-refractivity contribution in [2.45, 2.75) is 83.6 Å². The van der Waals surface area contributed by atoms with Gasteiger partial charge in [-0.1, -0.05) is 26.3 Å². The van der Waals surface area contributed by atoms with E-state index in [1.54, 1.807) is 4.90 Å². The van der Waals surface area contributed by atoms with E-state index in [0.717, 1.165) is 12.3 Å². The van der Waals surface area contributed by atoms with Crippen molar-refractivity contribution in [2.24, 2.45) is 0 Å². The first kappa shape index (κ1) is 21.2. The van der Waals surface area contributed by atoms with E-state index in [-0.39, 0.29) is 18.1 Å². The predicted molar refractivity (Wildman–Crippen MR) is 114 cm³/mol. The monoisotopic (exact) mass is 387 g/mol. The number of hydrogen-bond acceptors (Lipinski definition) is 2. The number of carbonyl (C=O) groups is 1. The maximum atomic E-state index is 12.5. The number of rotatable bonds is 7. The van der Waals surface area contributed by atoms with Gasteiger partial charge in [0, 0.05) is 12.8 Å². The fourth-order valence-electron chi connectivity index (χ4n) is 5.25. The number of hydrogen-bond donors (Lipinski definition) is 2. The smallest absolute Gasteiger partial charge is 0.258 e. The minimum absolute atomic E-state index is 0.00643. The summed E-state index contributed by atoms with van der Waals surface area (Å²) in [4.78, 5) is 14.2. The second kappa shape index (κ2) is 9.78. The van der Waals surface area contributed by atoms with Gasteiger partial charge in [0.05, 0.1) is 19.6 Å². The lowest BCUT2D eigenvalue weighted by molar-refractivity contribution is -0.957. The highest BCUT2D eigenvalue weighted by molar-refractivity contribution is 5.77. The second-order valence-corrected chi connectivity index (χ2v) is 9.24. The van der Waals surface area contributed by atoms with Crippen LogP contribution >= 0.6 is 0 Å². The minimum atomic E-state index is 0.00643. The van der Waals surface area contributed by atoms with Crippen LogP contribution in [0, 0.1) is 6.92 Å². The number of piperidine rings is 1. The highest BCUT2D eigenvalue weighted by Gasteiger charge is 2.42. The Hall–Kier alpha value is -1.55. The SMILES string of the molecule is Cc1cc(OCC(=O)NCC2([NH+]3CCCCC3)CCCCC2)ccc1C(C)C. The molecule has 2 fully saturated rings. The molecule has 0 atom stereocenters. The molecule has 4 heteroatoms. The Labute approximate surface area is 171 Å². The van der Waals surface area contributed by atoms with Gasteiger partial charge in [-0.25, -0.2) is 0 Å². The van der Waals surface area contributed by atoms with Gasteiger partial charge in [-0.3, -0.25) is 4.79 Å². The van der Waals surface area contributed by atoms with Crippen LogP contribution in [0.2, 0.25) is 0 Å². The van der Waals surface area contributed by atoms with E-state index < -0.39 is 0 Å². The van der Waals surface area contributed by atoms with Crippen LogP contribution in [0.3, 0.4) is 0 Å². The molecule has 28 heavy (non-hydrogen) atoms. The largest absolute Gasteiger partial charge is 0.484 e. The lowest BCUT2D eigenvalue weighted by Crippen LogP contribution is -3.22. The second-order valence-electron chi connectivity index (χ2n) is 9.24. The van der Waals surface area contributed by atoms with Crippen LogP contribution in [0.25, 0.3) is 0 Å². The molecule has 1 saturated carbocycles. The molecule has 1 aliphatic carbocycles. The number of amides is 1. The maximum Gasteiger partial charge on any atom is 0.258 e. The third-order valence-corrected chi connectivity index (χ3v) is 6.87. The van der Waals surface area contributed by atoms with E-state index in [9.17, 15) is 4.79 Å². The number of nitrogens with one attached hydrogen (secondary N) is 2. The molecule has 0 unspecified atom stereocenters. The predicted octanol–water partition coefficient (Wildman–Crippen LogP) is 3.39. The molecular formula is C24H39N2O2+. The minimum Gasteiger partial charge on any atom is -0.484 e. The van der Waals surface area contributed by atoms with Crippen LogP contribution in [0.5, 0.6) is 5.75 Å². The molecule has 1 heterocycles. The molecule has 0 spiro atoms. The molecule has 1 amide bonds. The van der Waals surface area contributed by atoms with Crippen LogP contribution in [0.4, 0.5) is 0 Å². The van der Waals surface area contributed by atoms with Crippen LogP contribution in [0.1, 0.15) is 82.3 Å². The molecule has 2 N–H and O–H groups in total. The Morgan fingerprint density at radius 1 is 1.11 bits per heavy atom. The zero-order chi connectivity index (χ0) is 20.0. The van der Waals surface area contributed by atoms with E-state index in [2.05, 4.69) is 32.2 Å². The summed E-state index contributed by atoms with van der Waals surface area (Å²) in [6.07, 6.45) is 10.5. The Morgan fingerprint density at radius 2 is 1.79 bits per heavy atom. The average molecular weight is 388 g/mol. The van der Waals surface area contributed by atoms with Crippen molar-refractivity contribution in [1.29, 1.82) is 0 Å². The Kier molecular flexibility index (Phi) is 7.39. The summed E-state index contributed by atoms with van der Waals surface area (Å²) in [5.41, 5.74) is 2.81. The summed E-state index contributed by atoms with van der Waals surface area (Å²) in [6, 6.07) is 6.14. The van der Waals surface area contributed by atoms with Crippen molar-refractivity contribution in [1.82, 2.24) is 5.32 Å². The zero-order valence-corrected chi connectivity index (χ0v) is 18.1. The molecule has 1 aromatic rings. The molecule has 0 bridgehead atoms. The van der Waals surface area contributed by atoms with Gasteiger partial charge in [-0.05, 0) is 68.2 Å². The summed E-state index contributed by atoms with van der Waals surface area (Å²) in [7, 11) is 0. The average Bonchev–Trinajstić information content (AvgIpc) is 2.72. The topological polar surface area (TPSA) is 42.8 Å². The maximum absolute atomic E-state index is 12.5. The molecule has 4 nitrogen and oxygen atoms in total. The third-order valence-electron chi connectivity index (χ3n) is 6.87. The Morgan fingerprint density at radius 3 is 2.43 bits per heavy atom. The molecule has 1 aromatic carbocycles. The van der Waals surface area contributed by atoms with Crippen molar-refractivity contribution in [2.75, 3.05) is 26.2 Å². The highest BCUT2D eigenvalue weighted by Crippen LogP contribution is 2.26. The Balaban J connectivity index is 1.52. The van der Waals surface area contributed by atoms with Gasteiger partial charge in [0.1, 0.15) is 11.3 Å². The van der Waals surface area contributed by atoms with Gasteiger partial charge in [-0.15, -0.1) is 0 Å². The molecule has 156 valence electrons. The molecule has 1 aliphatic heterocycles. The fraction of sp³-hybridized carbons (Fsp3) is 0.708. The van der Waals surface area contributed by atoms with Gasteiger partial charge in [0.2, 0.25) is 0 Å². The number of benzene rings is 1. The molecule has 3 rings (SSSR count). The number of carbonyl (C=O) groups excluding carboxylic acids is 1. The van der Waals surface area contributed by atoms with E-state index in [1.165, 1.54) is 75.6 Å². The molecule has 1 saturated heterocycles. The molecule has 0 radical (unpaired) electrons. The van der Waals surface area contributed by atoms with Crippen molar-refractivity contribution in [3.63, 3.8) is 0 Å². The summed E-state index contributed by atoms with van der Waals surface area (Å²) in [5.74, 6) is 1.29. The van der Waals surface area contributed by atoms with Gasteiger partial charge in [-0.2, -0.15) is 0 Å². The Bertz CT molecular complexity index is 644. The first-order valence-corrected chi connectivity index (χ1v) is 11.4. The lowest BCUT2D eigenvalue weighted by Gasteiger charge is -2.45. The number of likely N-dealkylation sites (tertiary alicyclic amines) is 1. The van der Waals surface area contributed by atoms with Gasteiger partial charge < -0.3 is 15.0 Å². The summed E-state index contributed by atoms with van der Waals surface area (Å²) in [6.45, 7) is 9.95. The van der Waals surface area contributed by atoms with E-state index in [0.29, 0.717) is 5.92 Å². The van der Waals surface area contributed by atoms with Gasteiger partial charge in [0.15, 0.2) is 6.61 Å². The first-order chi connectivity index (χ1) is 13.5. The van der Waals surface area contributed by atoms with Crippen LogP contribution in [0.15, 0.2) is 18.2 Å². The number of quaternary nitrogens is 1. The molecule has 0 aromatic heterocycles. The quantitative estimate of drug-likeness (QED) is 0.753. The fourth-order valence-corrected chi connectivity index (χ4v) is 5.25. The van der Waals surface area contributed by atoms with Gasteiger partial charge >= 0.3 is 0 Å². The zero-order valence-electron chi connectivity index (χ0n) is 18.1. The van der Waals surface area contributed by atoms with E-state index in [4.69, 9.17) is 4.74 Å². The summed E-state index contributed by atoms with van der Waals surface area (Å²) < 4.78 is 5.78. The number of aryl methyl sites for hydroxylation is 1. The highest BCUT2D eigenvalue weighted by atomic mass is 16.5. The first-order valence-electron chi connectivity index (χ1n) is 11.4. The van der Waals surface area contributed by atoms with Crippen molar-refractivity contribution in [3.05, 3.63) is 29.3 Å². The van der Waals surface area contributed by atoms with Gasteiger partial charge in [0.25, 0.3) is 5.91 Å². The van der Waals surface area contributed by atoms with E-state index >= 15 is 0 Å².